The first-order chi connectivity index (χ1) is 12.1. The van der Waals surface area contributed by atoms with Crippen LogP contribution in [0, 0.1) is 0 Å². The molecule has 25 heavy (non-hydrogen) atoms. The Morgan fingerprint density at radius 1 is 1.12 bits per heavy atom. The molecule has 0 unspecified atom stereocenters. The van der Waals surface area contributed by atoms with E-state index in [1.807, 2.05) is 52.1 Å². The Hall–Kier alpha value is -1.92. The lowest BCUT2D eigenvalue weighted by molar-refractivity contribution is -0.138. The Balaban J connectivity index is 1.51. The molecule has 0 spiro atoms. The van der Waals surface area contributed by atoms with E-state index in [-0.39, 0.29) is 24.9 Å². The molecular weight excluding hydrogens is 318 g/mol. The van der Waals surface area contributed by atoms with E-state index in [2.05, 4.69) is 0 Å². The van der Waals surface area contributed by atoms with Gasteiger partial charge in [-0.1, -0.05) is 30.3 Å². The fourth-order valence-electron chi connectivity index (χ4n) is 3.11. The van der Waals surface area contributed by atoms with E-state index in [0.29, 0.717) is 38.9 Å². The lowest BCUT2D eigenvalue weighted by Gasteiger charge is -2.29. The third kappa shape index (κ3) is 5.28. The number of hydrogen-bond donors (Lipinski definition) is 0. The van der Waals surface area contributed by atoms with Gasteiger partial charge in [-0.2, -0.15) is 0 Å². The van der Waals surface area contributed by atoms with Gasteiger partial charge >= 0.3 is 0 Å². The first-order valence-electron chi connectivity index (χ1n) is 9.01. The molecule has 0 radical (unpaired) electrons. The second-order valence-electron chi connectivity index (χ2n) is 6.90. The highest BCUT2D eigenvalue weighted by molar-refractivity contribution is 5.81. The molecule has 2 aliphatic rings. The van der Waals surface area contributed by atoms with Gasteiger partial charge < -0.3 is 14.5 Å². The van der Waals surface area contributed by atoms with E-state index in [4.69, 9.17) is 4.74 Å². The van der Waals surface area contributed by atoms with Gasteiger partial charge in [0.2, 0.25) is 11.8 Å². The van der Waals surface area contributed by atoms with Gasteiger partial charge in [-0.05, 0) is 25.5 Å². The Labute approximate surface area is 149 Å². The largest absolute Gasteiger partial charge is 0.378 e. The van der Waals surface area contributed by atoms with E-state index in [0.717, 1.165) is 18.4 Å². The number of rotatable bonds is 7. The number of carbonyl (C=O) groups excluding carboxylic acids is 2. The summed E-state index contributed by atoms with van der Waals surface area (Å²) in [4.78, 5) is 30.6. The molecule has 3 rings (SSSR count). The standard InChI is InChI=1S/C19H27N3O3/c1-20(14-18(23)21-9-11-25-12-10-21)15-19(24)22(17-7-8-17)13-16-5-3-2-4-6-16/h2-6,17H,7-15H2,1H3. The minimum Gasteiger partial charge on any atom is -0.378 e. The van der Waals surface area contributed by atoms with Crippen molar-refractivity contribution in [2.45, 2.75) is 25.4 Å². The van der Waals surface area contributed by atoms with Crippen LogP contribution >= 0.6 is 0 Å². The van der Waals surface area contributed by atoms with Crippen molar-refractivity contribution < 1.29 is 14.3 Å². The molecule has 1 aromatic carbocycles. The summed E-state index contributed by atoms with van der Waals surface area (Å²) < 4.78 is 5.27. The number of likely N-dealkylation sites (N-methyl/N-ethyl adjacent to an activating group) is 1. The fourth-order valence-corrected chi connectivity index (χ4v) is 3.11. The van der Waals surface area contributed by atoms with Crippen molar-refractivity contribution >= 4 is 11.8 Å². The molecule has 0 bridgehead atoms. The number of ether oxygens (including phenoxy) is 1. The SMILES string of the molecule is CN(CC(=O)N1CCOCC1)CC(=O)N(Cc1ccccc1)C1CC1. The Morgan fingerprint density at radius 2 is 1.80 bits per heavy atom. The molecule has 0 aromatic heterocycles. The summed E-state index contributed by atoms with van der Waals surface area (Å²) >= 11 is 0. The zero-order chi connectivity index (χ0) is 17.6. The van der Waals surface area contributed by atoms with E-state index >= 15 is 0 Å². The summed E-state index contributed by atoms with van der Waals surface area (Å²) in [5.41, 5.74) is 1.15. The zero-order valence-electron chi connectivity index (χ0n) is 14.9. The predicted octanol–water partition coefficient (Wildman–Crippen LogP) is 0.968. The third-order valence-corrected chi connectivity index (χ3v) is 4.68. The Bertz CT molecular complexity index is 583. The first kappa shape index (κ1) is 17.9. The number of amides is 2. The van der Waals surface area contributed by atoms with Gasteiger partial charge in [0.15, 0.2) is 0 Å². The Kier molecular flexibility index (Phi) is 6.04. The summed E-state index contributed by atoms with van der Waals surface area (Å²) in [5.74, 6) is 0.170. The molecule has 1 heterocycles. The smallest absolute Gasteiger partial charge is 0.237 e. The summed E-state index contributed by atoms with van der Waals surface area (Å²) in [6.45, 7) is 3.68. The predicted molar refractivity (Wildman–Crippen MR) is 94.9 cm³/mol. The van der Waals surface area contributed by atoms with Crippen LogP contribution in [-0.2, 0) is 20.9 Å². The van der Waals surface area contributed by atoms with Gasteiger partial charge in [-0.15, -0.1) is 0 Å². The maximum absolute atomic E-state index is 12.7. The normalized spacial score (nSPS) is 17.6. The van der Waals surface area contributed by atoms with Crippen molar-refractivity contribution in [3.05, 3.63) is 35.9 Å². The Morgan fingerprint density at radius 3 is 2.44 bits per heavy atom. The molecule has 136 valence electrons. The number of benzene rings is 1. The van der Waals surface area contributed by atoms with Crippen LogP contribution in [0.3, 0.4) is 0 Å². The van der Waals surface area contributed by atoms with Crippen molar-refractivity contribution in [3.63, 3.8) is 0 Å². The summed E-state index contributed by atoms with van der Waals surface area (Å²) in [6, 6.07) is 10.4. The zero-order valence-corrected chi connectivity index (χ0v) is 14.9. The van der Waals surface area contributed by atoms with Gasteiger partial charge in [0.1, 0.15) is 0 Å². The van der Waals surface area contributed by atoms with Crippen molar-refractivity contribution in [1.29, 1.82) is 0 Å². The molecule has 1 aromatic rings. The van der Waals surface area contributed by atoms with Crippen LogP contribution in [0.25, 0.3) is 0 Å². The van der Waals surface area contributed by atoms with Crippen LogP contribution in [0.4, 0.5) is 0 Å². The molecular formula is C19H27N3O3. The lowest BCUT2D eigenvalue weighted by atomic mass is 10.2. The summed E-state index contributed by atoms with van der Waals surface area (Å²) in [7, 11) is 1.84. The number of morpholine rings is 1. The molecule has 6 heteroatoms. The second-order valence-corrected chi connectivity index (χ2v) is 6.90. The molecule has 1 aliphatic heterocycles. The average molecular weight is 345 g/mol. The van der Waals surface area contributed by atoms with Gasteiger partial charge in [-0.25, -0.2) is 0 Å². The monoisotopic (exact) mass is 345 g/mol. The highest BCUT2D eigenvalue weighted by Crippen LogP contribution is 2.28. The molecule has 1 saturated carbocycles. The van der Waals surface area contributed by atoms with E-state index in [9.17, 15) is 9.59 Å². The second kappa shape index (κ2) is 8.45. The van der Waals surface area contributed by atoms with Crippen molar-refractivity contribution in [1.82, 2.24) is 14.7 Å². The van der Waals surface area contributed by atoms with E-state index < -0.39 is 0 Å². The van der Waals surface area contributed by atoms with Crippen LogP contribution in [0.5, 0.6) is 0 Å². The van der Waals surface area contributed by atoms with Gasteiger partial charge in [0.05, 0.1) is 26.3 Å². The molecule has 1 aliphatic carbocycles. The van der Waals surface area contributed by atoms with Crippen molar-refractivity contribution in [2.24, 2.45) is 0 Å². The molecule has 0 N–H and O–H groups in total. The minimum absolute atomic E-state index is 0.0691. The maximum atomic E-state index is 12.7. The maximum Gasteiger partial charge on any atom is 0.237 e. The lowest BCUT2D eigenvalue weighted by Crippen LogP contribution is -2.47. The summed E-state index contributed by atoms with van der Waals surface area (Å²) in [6.07, 6.45) is 2.16. The molecule has 0 atom stereocenters. The van der Waals surface area contributed by atoms with E-state index in [1.54, 1.807) is 0 Å². The first-order valence-corrected chi connectivity index (χ1v) is 9.01. The highest BCUT2D eigenvalue weighted by atomic mass is 16.5. The van der Waals surface area contributed by atoms with Crippen molar-refractivity contribution in [3.8, 4) is 0 Å². The molecule has 2 amide bonds. The van der Waals surface area contributed by atoms with E-state index in [1.165, 1.54) is 0 Å². The van der Waals surface area contributed by atoms with Crippen LogP contribution in [0.2, 0.25) is 0 Å². The topological polar surface area (TPSA) is 53.1 Å². The van der Waals surface area contributed by atoms with Gasteiger partial charge in [0.25, 0.3) is 0 Å². The van der Waals surface area contributed by atoms with Crippen molar-refractivity contribution in [2.75, 3.05) is 46.4 Å². The average Bonchev–Trinajstić information content (AvgIpc) is 3.46. The molecule has 2 fully saturated rings. The third-order valence-electron chi connectivity index (χ3n) is 4.68. The van der Waals surface area contributed by atoms with Gasteiger partial charge in [-0.3, -0.25) is 14.5 Å². The van der Waals surface area contributed by atoms with Crippen LogP contribution in [-0.4, -0.2) is 79.0 Å². The number of carbonyl (C=O) groups is 2. The minimum atomic E-state index is 0.0691. The van der Waals surface area contributed by atoms with Crippen LogP contribution in [0.15, 0.2) is 30.3 Å². The molecule has 1 saturated heterocycles. The number of hydrogen-bond acceptors (Lipinski definition) is 4. The quantitative estimate of drug-likeness (QED) is 0.739. The van der Waals surface area contributed by atoms with Gasteiger partial charge in [0, 0.05) is 25.7 Å². The summed E-state index contributed by atoms with van der Waals surface area (Å²) in [5, 5.41) is 0. The number of nitrogens with zero attached hydrogens (tertiary/aromatic N) is 3. The fraction of sp³-hybridized carbons (Fsp3) is 0.579. The van der Waals surface area contributed by atoms with Crippen LogP contribution < -0.4 is 0 Å². The highest BCUT2D eigenvalue weighted by Gasteiger charge is 2.33. The van der Waals surface area contributed by atoms with Crippen LogP contribution in [0.1, 0.15) is 18.4 Å². The molecule has 6 nitrogen and oxygen atoms in total.